The van der Waals surface area contributed by atoms with E-state index < -0.39 is 11.9 Å². The van der Waals surface area contributed by atoms with Gasteiger partial charge in [0, 0.05) is 18.1 Å². The fraction of sp³-hybridized carbons (Fsp3) is 0.294. The zero-order valence-corrected chi connectivity index (χ0v) is 16.5. The van der Waals surface area contributed by atoms with Gasteiger partial charge >= 0.3 is 0 Å². The molecule has 0 aliphatic carbocycles. The van der Waals surface area contributed by atoms with Crippen molar-refractivity contribution >= 4 is 40.4 Å². The Kier molecular flexibility index (Phi) is 4.35. The number of benzene rings is 1. The molecule has 2 aromatic heterocycles. The van der Waals surface area contributed by atoms with Gasteiger partial charge < -0.3 is 14.2 Å². The molecule has 1 fully saturated rings. The Bertz CT molecular complexity index is 1070. The molecule has 0 N–H and O–H groups in total. The Morgan fingerprint density at radius 3 is 2.89 bits per heavy atom. The highest BCUT2D eigenvalue weighted by molar-refractivity contribution is 7.13. The summed E-state index contributed by atoms with van der Waals surface area (Å²) >= 11 is 13.5. The molecule has 144 valence electrons. The summed E-state index contributed by atoms with van der Waals surface area (Å²) in [6.45, 7) is 1.11. The molecular weight excluding hydrogens is 428 g/mol. The van der Waals surface area contributed by atoms with E-state index in [-0.39, 0.29) is 34.2 Å². The van der Waals surface area contributed by atoms with Crippen molar-refractivity contribution in [1.82, 2.24) is 24.6 Å². The Morgan fingerprint density at radius 2 is 2.11 bits per heavy atom. The number of ether oxygens (including phenoxy) is 1. The van der Waals surface area contributed by atoms with Crippen LogP contribution in [0.1, 0.15) is 22.2 Å². The highest BCUT2D eigenvalue weighted by Gasteiger charge is 2.44. The third-order valence-electron chi connectivity index (χ3n) is 4.91. The number of carbonyl (C=O) groups is 1. The lowest BCUT2D eigenvalue weighted by Gasteiger charge is -2.45. The number of rotatable bonds is 2. The number of thiazole rings is 1. The van der Waals surface area contributed by atoms with Crippen LogP contribution < -0.4 is 0 Å². The molecule has 0 saturated carbocycles. The van der Waals surface area contributed by atoms with E-state index >= 15 is 0 Å². The number of nitrogens with zero attached hydrogens (tertiary/aromatic N) is 5. The summed E-state index contributed by atoms with van der Waals surface area (Å²) in [5, 5.41) is 10.9. The van der Waals surface area contributed by atoms with E-state index in [1.165, 1.54) is 17.4 Å². The molecule has 2 aliphatic heterocycles. The molecule has 3 aromatic rings. The second kappa shape index (κ2) is 6.77. The maximum Gasteiger partial charge on any atom is 0.256 e. The Morgan fingerprint density at radius 1 is 1.25 bits per heavy atom. The van der Waals surface area contributed by atoms with Crippen molar-refractivity contribution in [3.63, 3.8) is 0 Å². The zero-order valence-electron chi connectivity index (χ0n) is 14.2. The Balaban J connectivity index is 1.56. The third kappa shape index (κ3) is 2.65. The highest BCUT2D eigenvalue weighted by Crippen LogP contribution is 2.38. The van der Waals surface area contributed by atoms with Crippen LogP contribution in [0, 0.1) is 5.82 Å². The van der Waals surface area contributed by atoms with Crippen LogP contribution >= 0.6 is 34.5 Å². The fourth-order valence-electron chi connectivity index (χ4n) is 3.65. The van der Waals surface area contributed by atoms with Crippen molar-refractivity contribution in [3.05, 3.63) is 51.0 Å². The number of aromatic nitrogens is 4. The number of halogens is 3. The predicted molar refractivity (Wildman–Crippen MR) is 101 cm³/mol. The van der Waals surface area contributed by atoms with Gasteiger partial charge in [-0.05, 0) is 12.1 Å². The smallest absolute Gasteiger partial charge is 0.256 e. The number of fused-ring (bicyclic) bond motifs is 4. The summed E-state index contributed by atoms with van der Waals surface area (Å²) < 4.78 is 21.3. The van der Waals surface area contributed by atoms with Crippen molar-refractivity contribution in [1.29, 1.82) is 0 Å². The molecule has 7 nitrogen and oxygen atoms in total. The molecule has 1 aromatic carbocycles. The molecule has 5 rings (SSSR count). The number of hydrogen-bond acceptors (Lipinski definition) is 6. The van der Waals surface area contributed by atoms with Gasteiger partial charge in [0.1, 0.15) is 11.9 Å². The predicted octanol–water partition coefficient (Wildman–Crippen LogP) is 3.44. The lowest BCUT2D eigenvalue weighted by Crippen LogP contribution is -2.56. The van der Waals surface area contributed by atoms with Gasteiger partial charge in [0.2, 0.25) is 0 Å². The Hall–Kier alpha value is -2.07. The van der Waals surface area contributed by atoms with Crippen molar-refractivity contribution in [2.24, 2.45) is 0 Å². The summed E-state index contributed by atoms with van der Waals surface area (Å²) in [5.41, 5.74) is 0.151. The summed E-state index contributed by atoms with van der Waals surface area (Å²) in [6, 6.07) is 1.82. The molecule has 4 heterocycles. The minimum absolute atomic E-state index is 0.0961. The van der Waals surface area contributed by atoms with Crippen LogP contribution in [0.4, 0.5) is 4.39 Å². The first kappa shape index (κ1) is 18.0. The quantitative estimate of drug-likeness (QED) is 0.571. The molecule has 0 unspecified atom stereocenters. The van der Waals surface area contributed by atoms with E-state index in [2.05, 4.69) is 15.2 Å². The van der Waals surface area contributed by atoms with Crippen LogP contribution in [-0.2, 0) is 11.3 Å². The minimum Gasteiger partial charge on any atom is -0.377 e. The van der Waals surface area contributed by atoms with E-state index in [1.807, 2.05) is 9.95 Å². The van der Waals surface area contributed by atoms with Gasteiger partial charge in [-0.25, -0.2) is 9.37 Å². The maximum atomic E-state index is 13.6. The topological polar surface area (TPSA) is 73.1 Å². The molecule has 0 spiro atoms. The summed E-state index contributed by atoms with van der Waals surface area (Å²) in [4.78, 5) is 19.3. The first-order valence-electron chi connectivity index (χ1n) is 8.43. The van der Waals surface area contributed by atoms with Crippen LogP contribution in [-0.4, -0.2) is 49.8 Å². The lowest BCUT2D eigenvalue weighted by atomic mass is 10.0. The second-order valence-corrected chi connectivity index (χ2v) is 8.12. The minimum atomic E-state index is -0.668. The number of amides is 1. The van der Waals surface area contributed by atoms with E-state index in [1.54, 1.807) is 11.1 Å². The maximum absolute atomic E-state index is 13.6. The highest BCUT2D eigenvalue weighted by atomic mass is 35.5. The van der Waals surface area contributed by atoms with Crippen LogP contribution in [0.25, 0.3) is 10.8 Å². The van der Waals surface area contributed by atoms with Crippen molar-refractivity contribution in [2.75, 3.05) is 13.2 Å². The standard InChI is InChI=1S/C17H12Cl2FN5O2S/c18-12-9(1-2-10(20)13(12)19)17(26)25-8-5-24-14(11(25)7-27-6-8)22-23-15(24)16-21-3-4-28-16/h1-4,8,11H,5-7H2/t8-,11-/m1/s1. The molecule has 11 heteroatoms. The van der Waals surface area contributed by atoms with Crippen molar-refractivity contribution in [2.45, 2.75) is 18.6 Å². The molecular formula is C17H12Cl2FN5O2S. The number of morpholine rings is 1. The molecule has 1 amide bonds. The van der Waals surface area contributed by atoms with E-state index in [9.17, 15) is 9.18 Å². The second-order valence-electron chi connectivity index (χ2n) is 6.47. The van der Waals surface area contributed by atoms with Gasteiger partial charge in [0.15, 0.2) is 16.7 Å². The Labute approximate surface area is 172 Å². The van der Waals surface area contributed by atoms with E-state index in [0.717, 1.165) is 11.1 Å². The monoisotopic (exact) mass is 439 g/mol. The molecule has 0 radical (unpaired) electrons. The van der Waals surface area contributed by atoms with Gasteiger partial charge in [-0.15, -0.1) is 21.5 Å². The first-order valence-corrected chi connectivity index (χ1v) is 10.1. The van der Waals surface area contributed by atoms with Gasteiger partial charge in [0.25, 0.3) is 5.91 Å². The van der Waals surface area contributed by atoms with Crippen molar-refractivity contribution < 1.29 is 13.9 Å². The number of hydrogen-bond donors (Lipinski definition) is 0. The van der Waals surface area contributed by atoms with Gasteiger partial charge in [-0.2, -0.15) is 0 Å². The normalized spacial score (nSPS) is 20.9. The van der Waals surface area contributed by atoms with Crippen LogP contribution in [0.5, 0.6) is 0 Å². The van der Waals surface area contributed by atoms with Gasteiger partial charge in [0.05, 0.1) is 34.9 Å². The first-order chi connectivity index (χ1) is 13.6. The van der Waals surface area contributed by atoms with Crippen molar-refractivity contribution in [3.8, 4) is 10.8 Å². The fourth-order valence-corrected chi connectivity index (χ4v) is 4.68. The zero-order chi connectivity index (χ0) is 19.4. The molecule has 2 atom stereocenters. The van der Waals surface area contributed by atoms with E-state index in [0.29, 0.717) is 24.8 Å². The van der Waals surface area contributed by atoms with Crippen LogP contribution in [0.2, 0.25) is 10.0 Å². The summed E-state index contributed by atoms with van der Waals surface area (Å²) in [5.74, 6) is 0.296. The average Bonchev–Trinajstić information content (AvgIpc) is 3.35. The van der Waals surface area contributed by atoms with Crippen LogP contribution in [0.15, 0.2) is 23.7 Å². The average molecular weight is 440 g/mol. The largest absolute Gasteiger partial charge is 0.377 e. The molecule has 28 heavy (non-hydrogen) atoms. The van der Waals surface area contributed by atoms with E-state index in [4.69, 9.17) is 27.9 Å². The molecule has 2 aliphatic rings. The lowest BCUT2D eigenvalue weighted by molar-refractivity contribution is -0.0569. The SMILES string of the molecule is O=C(c1ccc(F)c(Cl)c1Cl)N1[C@H]2COC[C@@H]1c1nnc(-c3nccs3)n1C2. The van der Waals surface area contributed by atoms with Gasteiger partial charge in [-0.3, -0.25) is 4.79 Å². The van der Waals surface area contributed by atoms with Crippen LogP contribution in [0.3, 0.4) is 0 Å². The molecule has 2 bridgehead atoms. The third-order valence-corrected chi connectivity index (χ3v) is 6.54. The molecule has 1 saturated heterocycles. The summed E-state index contributed by atoms with van der Waals surface area (Å²) in [7, 11) is 0. The van der Waals surface area contributed by atoms with Gasteiger partial charge in [-0.1, -0.05) is 23.2 Å². The summed E-state index contributed by atoms with van der Waals surface area (Å²) in [6.07, 6.45) is 1.71. The number of carbonyl (C=O) groups excluding carboxylic acids is 1.